The van der Waals surface area contributed by atoms with Gasteiger partial charge in [-0.1, -0.05) is 39.8 Å². The van der Waals surface area contributed by atoms with E-state index in [9.17, 15) is 9.59 Å². The first-order chi connectivity index (χ1) is 10.4. The van der Waals surface area contributed by atoms with Gasteiger partial charge in [0, 0.05) is 11.6 Å². The van der Waals surface area contributed by atoms with Crippen LogP contribution in [0.15, 0.2) is 24.3 Å². The Labute approximate surface area is 133 Å². The molecule has 0 heterocycles. The van der Waals surface area contributed by atoms with E-state index < -0.39 is 6.04 Å². The van der Waals surface area contributed by atoms with Crippen LogP contribution in [0.2, 0.25) is 0 Å². The molecule has 0 bridgehead atoms. The molecule has 1 rings (SSSR count). The maximum Gasteiger partial charge on any atom is 0.251 e. The van der Waals surface area contributed by atoms with Crippen molar-refractivity contribution in [1.82, 2.24) is 10.6 Å². The van der Waals surface area contributed by atoms with Crippen LogP contribution in [0, 0.1) is 5.92 Å². The van der Waals surface area contributed by atoms with Gasteiger partial charge in [-0.3, -0.25) is 9.59 Å². The SMILES string of the molecule is CCc1ccc(C(=O)N[C@@H](C(=O)N[C@H](C)CC)C(C)C)cc1. The van der Waals surface area contributed by atoms with Gasteiger partial charge in [0.05, 0.1) is 0 Å². The number of carbonyl (C=O) groups excluding carboxylic acids is 2. The number of benzene rings is 1. The first-order valence-corrected chi connectivity index (χ1v) is 8.09. The number of aryl methyl sites for hydroxylation is 1. The molecule has 4 heteroatoms. The van der Waals surface area contributed by atoms with E-state index in [2.05, 4.69) is 17.6 Å². The lowest BCUT2D eigenvalue weighted by atomic mass is 10.0. The molecule has 1 aromatic carbocycles. The molecule has 0 saturated carbocycles. The molecule has 122 valence electrons. The van der Waals surface area contributed by atoms with Crippen LogP contribution >= 0.6 is 0 Å². The summed E-state index contributed by atoms with van der Waals surface area (Å²) in [6.07, 6.45) is 1.80. The number of amides is 2. The quantitative estimate of drug-likeness (QED) is 0.813. The van der Waals surface area contributed by atoms with Crippen LogP contribution in [-0.4, -0.2) is 23.9 Å². The number of rotatable bonds is 7. The van der Waals surface area contributed by atoms with Crippen molar-refractivity contribution in [3.05, 3.63) is 35.4 Å². The monoisotopic (exact) mass is 304 g/mol. The third-order valence-corrected chi connectivity index (χ3v) is 3.86. The topological polar surface area (TPSA) is 58.2 Å². The number of hydrogen-bond acceptors (Lipinski definition) is 2. The van der Waals surface area contributed by atoms with Crippen LogP contribution in [0.3, 0.4) is 0 Å². The number of hydrogen-bond donors (Lipinski definition) is 2. The highest BCUT2D eigenvalue weighted by molar-refractivity contribution is 5.97. The van der Waals surface area contributed by atoms with Gasteiger partial charge >= 0.3 is 0 Å². The van der Waals surface area contributed by atoms with Gasteiger partial charge in [0.1, 0.15) is 6.04 Å². The summed E-state index contributed by atoms with van der Waals surface area (Å²) in [5.74, 6) is -0.300. The maximum absolute atomic E-state index is 12.3. The average molecular weight is 304 g/mol. The fourth-order valence-electron chi connectivity index (χ4n) is 2.09. The van der Waals surface area contributed by atoms with Gasteiger partial charge in [-0.15, -0.1) is 0 Å². The van der Waals surface area contributed by atoms with Crippen molar-refractivity contribution < 1.29 is 9.59 Å². The Morgan fingerprint density at radius 3 is 2.05 bits per heavy atom. The van der Waals surface area contributed by atoms with Gasteiger partial charge in [0.25, 0.3) is 5.91 Å². The van der Waals surface area contributed by atoms with Crippen molar-refractivity contribution >= 4 is 11.8 Å². The molecule has 0 saturated heterocycles. The fraction of sp³-hybridized carbons (Fsp3) is 0.556. The summed E-state index contributed by atoms with van der Waals surface area (Å²) in [4.78, 5) is 24.6. The molecule has 0 aliphatic rings. The van der Waals surface area contributed by atoms with E-state index in [4.69, 9.17) is 0 Å². The average Bonchev–Trinajstić information content (AvgIpc) is 2.51. The zero-order valence-corrected chi connectivity index (χ0v) is 14.3. The van der Waals surface area contributed by atoms with Crippen molar-refractivity contribution in [3.63, 3.8) is 0 Å². The number of carbonyl (C=O) groups is 2. The van der Waals surface area contributed by atoms with E-state index in [1.165, 1.54) is 5.56 Å². The molecule has 2 atom stereocenters. The Morgan fingerprint density at radius 1 is 1.00 bits per heavy atom. The van der Waals surface area contributed by atoms with Crippen LogP contribution in [-0.2, 0) is 11.2 Å². The summed E-state index contributed by atoms with van der Waals surface area (Å²) in [5, 5.41) is 5.78. The van der Waals surface area contributed by atoms with E-state index in [1.807, 2.05) is 39.8 Å². The van der Waals surface area contributed by atoms with Gasteiger partial charge in [-0.2, -0.15) is 0 Å². The summed E-state index contributed by atoms with van der Waals surface area (Å²) in [7, 11) is 0. The molecule has 0 fully saturated rings. The Morgan fingerprint density at radius 2 is 1.59 bits per heavy atom. The van der Waals surface area contributed by atoms with Gasteiger partial charge in [0.15, 0.2) is 0 Å². The molecule has 2 amide bonds. The highest BCUT2D eigenvalue weighted by Gasteiger charge is 2.25. The third kappa shape index (κ3) is 5.17. The van der Waals surface area contributed by atoms with Crippen molar-refractivity contribution in [2.75, 3.05) is 0 Å². The minimum atomic E-state index is -0.521. The van der Waals surface area contributed by atoms with Gasteiger partial charge in [-0.25, -0.2) is 0 Å². The van der Waals surface area contributed by atoms with Gasteiger partial charge in [0.2, 0.25) is 5.91 Å². The third-order valence-electron chi connectivity index (χ3n) is 3.86. The predicted molar refractivity (Wildman–Crippen MR) is 89.8 cm³/mol. The van der Waals surface area contributed by atoms with Crippen LogP contribution in [0.1, 0.15) is 57.0 Å². The molecule has 0 aliphatic carbocycles. The van der Waals surface area contributed by atoms with Crippen molar-refractivity contribution in [1.29, 1.82) is 0 Å². The lowest BCUT2D eigenvalue weighted by Crippen LogP contribution is -2.51. The van der Waals surface area contributed by atoms with Crippen LogP contribution in [0.4, 0.5) is 0 Å². The molecule has 0 aliphatic heterocycles. The summed E-state index contributed by atoms with van der Waals surface area (Å²) < 4.78 is 0. The first-order valence-electron chi connectivity index (χ1n) is 8.09. The van der Waals surface area contributed by atoms with Gasteiger partial charge in [-0.05, 0) is 43.4 Å². The molecule has 1 aromatic rings. The Kier molecular flexibility index (Phi) is 7.09. The lowest BCUT2D eigenvalue weighted by Gasteiger charge is -2.23. The van der Waals surface area contributed by atoms with Crippen LogP contribution < -0.4 is 10.6 Å². The molecule has 22 heavy (non-hydrogen) atoms. The van der Waals surface area contributed by atoms with Crippen LogP contribution in [0.5, 0.6) is 0 Å². The minimum absolute atomic E-state index is 0.0305. The Bertz CT molecular complexity index is 494. The van der Waals surface area contributed by atoms with E-state index in [-0.39, 0.29) is 23.8 Å². The van der Waals surface area contributed by atoms with E-state index >= 15 is 0 Å². The second-order valence-electron chi connectivity index (χ2n) is 6.06. The highest BCUT2D eigenvalue weighted by Crippen LogP contribution is 2.08. The lowest BCUT2D eigenvalue weighted by molar-refractivity contribution is -0.124. The summed E-state index contributed by atoms with van der Waals surface area (Å²) in [5.41, 5.74) is 1.77. The normalized spacial score (nSPS) is 13.5. The highest BCUT2D eigenvalue weighted by atomic mass is 16.2. The Balaban J connectivity index is 2.76. The standard InChI is InChI=1S/C18H28N2O2/c1-6-13(5)19-18(22)16(12(3)4)20-17(21)15-10-8-14(7-2)9-11-15/h8-13,16H,6-7H2,1-5H3,(H,19,22)(H,20,21)/t13-,16-/m1/s1. The molecule has 4 nitrogen and oxygen atoms in total. The van der Waals surface area contributed by atoms with E-state index in [0.29, 0.717) is 5.56 Å². The zero-order chi connectivity index (χ0) is 16.7. The molecule has 0 radical (unpaired) electrons. The largest absolute Gasteiger partial charge is 0.352 e. The minimum Gasteiger partial charge on any atom is -0.352 e. The van der Waals surface area contributed by atoms with Crippen molar-refractivity contribution in [2.24, 2.45) is 5.92 Å². The van der Waals surface area contributed by atoms with E-state index in [0.717, 1.165) is 12.8 Å². The second kappa shape index (κ2) is 8.57. The zero-order valence-electron chi connectivity index (χ0n) is 14.3. The summed E-state index contributed by atoms with van der Waals surface area (Å²) >= 11 is 0. The second-order valence-corrected chi connectivity index (χ2v) is 6.06. The molecule has 0 spiro atoms. The predicted octanol–water partition coefficient (Wildman–Crippen LogP) is 2.92. The molecule has 0 unspecified atom stereocenters. The molecular formula is C18H28N2O2. The molecule has 2 N–H and O–H groups in total. The fourth-order valence-corrected chi connectivity index (χ4v) is 2.09. The summed E-state index contributed by atoms with van der Waals surface area (Å²) in [6.45, 7) is 9.91. The smallest absolute Gasteiger partial charge is 0.251 e. The van der Waals surface area contributed by atoms with Gasteiger partial charge < -0.3 is 10.6 Å². The Hall–Kier alpha value is -1.84. The molecule has 0 aromatic heterocycles. The maximum atomic E-state index is 12.3. The van der Waals surface area contributed by atoms with Crippen molar-refractivity contribution in [2.45, 2.75) is 59.5 Å². The van der Waals surface area contributed by atoms with Crippen molar-refractivity contribution in [3.8, 4) is 0 Å². The van der Waals surface area contributed by atoms with Crippen LogP contribution in [0.25, 0.3) is 0 Å². The van der Waals surface area contributed by atoms with E-state index in [1.54, 1.807) is 12.1 Å². The first kappa shape index (κ1) is 18.2. The molecular weight excluding hydrogens is 276 g/mol. The number of nitrogens with one attached hydrogen (secondary N) is 2. The summed E-state index contributed by atoms with van der Waals surface area (Å²) in [6, 6.07) is 7.08.